The number of fused-ring (bicyclic) bond motifs is 1. The number of rotatable bonds is 4. The Hall–Kier alpha value is -2.33. The minimum absolute atomic E-state index is 0. The summed E-state index contributed by atoms with van der Waals surface area (Å²) < 4.78 is 5.49. The van der Waals surface area contributed by atoms with Gasteiger partial charge in [0, 0.05) is 18.1 Å². The zero-order valence-corrected chi connectivity index (χ0v) is 14.3. The van der Waals surface area contributed by atoms with Crippen molar-refractivity contribution in [3.63, 3.8) is 0 Å². The molecule has 0 spiro atoms. The van der Waals surface area contributed by atoms with Crippen LogP contribution in [0.1, 0.15) is 12.7 Å². The van der Waals surface area contributed by atoms with Crippen molar-refractivity contribution in [3.05, 3.63) is 54.4 Å². The smallest absolute Gasteiger partial charge is 0.144 e. The van der Waals surface area contributed by atoms with Crippen LogP contribution >= 0.6 is 12.4 Å². The van der Waals surface area contributed by atoms with E-state index in [0.717, 1.165) is 34.0 Å². The molecule has 1 aromatic heterocycles. The summed E-state index contributed by atoms with van der Waals surface area (Å²) in [5.41, 5.74) is 2.02. The molecule has 0 unspecified atom stereocenters. The molecule has 0 radical (unpaired) electrons. The summed E-state index contributed by atoms with van der Waals surface area (Å²) in [5, 5.41) is 1.05. The van der Waals surface area contributed by atoms with Crippen LogP contribution in [-0.4, -0.2) is 23.6 Å². The second-order valence-electron chi connectivity index (χ2n) is 5.10. The molecule has 0 atom stereocenters. The lowest BCUT2D eigenvalue weighted by molar-refractivity contribution is 0.340. The van der Waals surface area contributed by atoms with Crippen molar-refractivity contribution in [2.24, 2.45) is 0 Å². The van der Waals surface area contributed by atoms with Crippen molar-refractivity contribution in [2.75, 3.05) is 18.6 Å². The van der Waals surface area contributed by atoms with Crippen molar-refractivity contribution in [2.45, 2.75) is 13.8 Å². The number of halogens is 1. The third-order valence-corrected chi connectivity index (χ3v) is 3.55. The van der Waals surface area contributed by atoms with Gasteiger partial charge < -0.3 is 9.64 Å². The first-order chi connectivity index (χ1) is 10.7. The maximum absolute atomic E-state index is 5.49. The van der Waals surface area contributed by atoms with Gasteiger partial charge in [0.25, 0.3) is 0 Å². The van der Waals surface area contributed by atoms with E-state index in [1.165, 1.54) is 0 Å². The molecule has 0 fully saturated rings. The van der Waals surface area contributed by atoms with Crippen LogP contribution in [0.5, 0.6) is 5.75 Å². The van der Waals surface area contributed by atoms with Crippen LogP contribution in [0.25, 0.3) is 10.9 Å². The van der Waals surface area contributed by atoms with Crippen molar-refractivity contribution in [1.29, 1.82) is 0 Å². The fourth-order valence-electron chi connectivity index (χ4n) is 2.48. The molecule has 0 saturated heterocycles. The number of anilines is 2. The molecule has 0 aliphatic carbocycles. The van der Waals surface area contributed by atoms with Gasteiger partial charge in [-0.2, -0.15) is 0 Å². The SMILES string of the molecule is CCOc1ccc(N(C)c2nc(C)nc3ccccc23)cc1.Cl. The number of aryl methyl sites for hydroxylation is 1. The molecular weight excluding hydrogens is 310 g/mol. The number of benzene rings is 2. The van der Waals surface area contributed by atoms with Gasteiger partial charge in [-0.3, -0.25) is 0 Å². The fraction of sp³-hybridized carbons (Fsp3) is 0.222. The summed E-state index contributed by atoms with van der Waals surface area (Å²) in [7, 11) is 2.02. The molecule has 0 aliphatic rings. The van der Waals surface area contributed by atoms with Crippen molar-refractivity contribution < 1.29 is 4.74 Å². The van der Waals surface area contributed by atoms with Crippen LogP contribution in [-0.2, 0) is 0 Å². The van der Waals surface area contributed by atoms with Gasteiger partial charge in [-0.1, -0.05) is 12.1 Å². The molecule has 5 heteroatoms. The lowest BCUT2D eigenvalue weighted by atomic mass is 10.2. The molecule has 0 saturated carbocycles. The van der Waals surface area contributed by atoms with Crippen LogP contribution in [0.4, 0.5) is 11.5 Å². The predicted molar refractivity (Wildman–Crippen MR) is 97.2 cm³/mol. The minimum atomic E-state index is 0. The molecule has 3 aromatic rings. The van der Waals surface area contributed by atoms with Gasteiger partial charge in [-0.25, -0.2) is 9.97 Å². The molecule has 0 amide bonds. The zero-order chi connectivity index (χ0) is 15.5. The molecule has 0 bridgehead atoms. The van der Waals surface area contributed by atoms with Crippen molar-refractivity contribution in [1.82, 2.24) is 9.97 Å². The molecular formula is C18H20ClN3O. The van der Waals surface area contributed by atoms with Gasteiger partial charge >= 0.3 is 0 Å². The number of para-hydroxylation sites is 1. The van der Waals surface area contributed by atoms with Gasteiger partial charge in [0.05, 0.1) is 12.1 Å². The average Bonchev–Trinajstić information content (AvgIpc) is 2.54. The maximum atomic E-state index is 5.49. The summed E-state index contributed by atoms with van der Waals surface area (Å²) in [6.07, 6.45) is 0. The minimum Gasteiger partial charge on any atom is -0.494 e. The standard InChI is InChI=1S/C18H19N3O.ClH/c1-4-22-15-11-9-14(10-12-15)21(3)18-16-7-5-6-8-17(16)19-13(2)20-18;/h5-12H,4H2,1-3H3;1H. The van der Waals surface area contributed by atoms with E-state index in [-0.39, 0.29) is 12.4 Å². The Labute approximate surface area is 142 Å². The number of nitrogens with zero attached hydrogens (tertiary/aromatic N) is 3. The fourth-order valence-corrected chi connectivity index (χ4v) is 2.48. The summed E-state index contributed by atoms with van der Waals surface area (Å²) in [6.45, 7) is 4.57. The predicted octanol–water partition coefficient (Wildman–Crippen LogP) is 4.53. The van der Waals surface area contributed by atoms with E-state index in [4.69, 9.17) is 4.74 Å². The molecule has 120 valence electrons. The van der Waals surface area contributed by atoms with Gasteiger partial charge in [0.2, 0.25) is 0 Å². The van der Waals surface area contributed by atoms with Gasteiger partial charge in [-0.05, 0) is 50.2 Å². The molecule has 0 aliphatic heterocycles. The Morgan fingerprint density at radius 1 is 1.00 bits per heavy atom. The number of hydrogen-bond donors (Lipinski definition) is 0. The first-order valence-electron chi connectivity index (χ1n) is 7.39. The Kier molecular flexibility index (Phi) is 5.40. The topological polar surface area (TPSA) is 38.2 Å². The van der Waals surface area contributed by atoms with Gasteiger partial charge in [0.15, 0.2) is 0 Å². The Morgan fingerprint density at radius 2 is 1.70 bits per heavy atom. The van der Waals surface area contributed by atoms with Crippen LogP contribution in [0.3, 0.4) is 0 Å². The van der Waals surface area contributed by atoms with E-state index in [0.29, 0.717) is 6.61 Å². The van der Waals surface area contributed by atoms with E-state index in [9.17, 15) is 0 Å². The molecule has 3 rings (SSSR count). The molecule has 0 N–H and O–H groups in total. The van der Waals surface area contributed by atoms with Crippen molar-refractivity contribution >= 4 is 34.8 Å². The number of aromatic nitrogens is 2. The highest BCUT2D eigenvalue weighted by Crippen LogP contribution is 2.29. The van der Waals surface area contributed by atoms with E-state index >= 15 is 0 Å². The van der Waals surface area contributed by atoms with E-state index in [2.05, 4.69) is 20.9 Å². The monoisotopic (exact) mass is 329 g/mol. The maximum Gasteiger partial charge on any atom is 0.144 e. The van der Waals surface area contributed by atoms with Gasteiger partial charge in [-0.15, -0.1) is 12.4 Å². The number of ether oxygens (including phenoxy) is 1. The van der Waals surface area contributed by atoms with Crippen LogP contribution in [0.15, 0.2) is 48.5 Å². The first-order valence-corrected chi connectivity index (χ1v) is 7.39. The third kappa shape index (κ3) is 3.54. The zero-order valence-electron chi connectivity index (χ0n) is 13.5. The summed E-state index contributed by atoms with van der Waals surface area (Å²) in [5.74, 6) is 2.56. The second kappa shape index (κ2) is 7.29. The first kappa shape index (κ1) is 17.0. The lowest BCUT2D eigenvalue weighted by Gasteiger charge is -2.20. The summed E-state index contributed by atoms with van der Waals surface area (Å²) >= 11 is 0. The highest BCUT2D eigenvalue weighted by molar-refractivity contribution is 5.91. The number of hydrogen-bond acceptors (Lipinski definition) is 4. The Bertz CT molecular complexity index is 790. The molecule has 1 heterocycles. The van der Waals surface area contributed by atoms with Crippen LogP contribution < -0.4 is 9.64 Å². The summed E-state index contributed by atoms with van der Waals surface area (Å²) in [4.78, 5) is 11.2. The average molecular weight is 330 g/mol. The largest absolute Gasteiger partial charge is 0.494 e. The molecule has 2 aromatic carbocycles. The van der Waals surface area contributed by atoms with E-state index in [1.807, 2.05) is 63.4 Å². The lowest BCUT2D eigenvalue weighted by Crippen LogP contribution is -2.13. The molecule has 23 heavy (non-hydrogen) atoms. The third-order valence-electron chi connectivity index (χ3n) is 3.55. The highest BCUT2D eigenvalue weighted by atomic mass is 35.5. The molecule has 4 nitrogen and oxygen atoms in total. The van der Waals surface area contributed by atoms with E-state index < -0.39 is 0 Å². The van der Waals surface area contributed by atoms with Crippen LogP contribution in [0.2, 0.25) is 0 Å². The van der Waals surface area contributed by atoms with E-state index in [1.54, 1.807) is 0 Å². The Balaban J connectivity index is 0.00000192. The second-order valence-corrected chi connectivity index (χ2v) is 5.10. The van der Waals surface area contributed by atoms with Crippen molar-refractivity contribution in [3.8, 4) is 5.75 Å². The van der Waals surface area contributed by atoms with Gasteiger partial charge in [0.1, 0.15) is 17.4 Å². The Morgan fingerprint density at radius 3 is 2.39 bits per heavy atom. The normalized spacial score (nSPS) is 10.2. The van der Waals surface area contributed by atoms with Crippen LogP contribution in [0, 0.1) is 6.92 Å². The quantitative estimate of drug-likeness (QED) is 0.705. The highest BCUT2D eigenvalue weighted by Gasteiger charge is 2.11. The summed E-state index contributed by atoms with van der Waals surface area (Å²) in [6, 6.07) is 16.1.